The summed E-state index contributed by atoms with van der Waals surface area (Å²) >= 11 is 5.87. The monoisotopic (exact) mass is 253 g/mol. The maximum Gasteiger partial charge on any atom is 0.304 e. The van der Waals surface area contributed by atoms with Crippen LogP contribution in [0.4, 0.5) is 0 Å². The van der Waals surface area contributed by atoms with Crippen LogP contribution in [0.15, 0.2) is 28.7 Å². The molecule has 1 heterocycles. The van der Waals surface area contributed by atoms with Gasteiger partial charge in [0.2, 0.25) is 0 Å². The summed E-state index contributed by atoms with van der Waals surface area (Å²) in [6.07, 6.45) is -0.0376. The Hall–Kier alpha value is -1.52. The highest BCUT2D eigenvalue weighted by molar-refractivity contribution is 6.31. The van der Waals surface area contributed by atoms with Crippen molar-refractivity contribution in [2.24, 2.45) is 5.73 Å². The van der Waals surface area contributed by atoms with Crippen LogP contribution in [0.3, 0.4) is 0 Å². The lowest BCUT2D eigenvalue weighted by Crippen LogP contribution is -2.15. The fourth-order valence-electron chi connectivity index (χ4n) is 1.75. The van der Waals surface area contributed by atoms with E-state index >= 15 is 0 Å². The summed E-state index contributed by atoms with van der Waals surface area (Å²) in [5, 5.41) is 10.3. The van der Waals surface area contributed by atoms with Gasteiger partial charge in [-0.05, 0) is 24.3 Å². The standard InChI is InChI=1S/C12H12ClNO3/c13-9-1-2-10-7(3-9)4-11(17-10)8(6-14)5-12(15)16/h1-4,8H,5-6,14H2,(H,15,16)/t8-/m1/s1. The fourth-order valence-corrected chi connectivity index (χ4v) is 1.93. The van der Waals surface area contributed by atoms with E-state index in [1.807, 2.05) is 0 Å². The predicted octanol–water partition coefficient (Wildman–Crippen LogP) is 2.60. The second-order valence-corrected chi connectivity index (χ2v) is 4.30. The normalized spacial score (nSPS) is 12.8. The first kappa shape index (κ1) is 12.0. The van der Waals surface area contributed by atoms with E-state index in [1.54, 1.807) is 24.3 Å². The molecule has 0 unspecified atom stereocenters. The number of aliphatic carboxylic acids is 1. The summed E-state index contributed by atoms with van der Waals surface area (Å²) in [5.74, 6) is -0.607. The first-order valence-corrected chi connectivity index (χ1v) is 5.59. The third kappa shape index (κ3) is 2.60. The van der Waals surface area contributed by atoms with E-state index in [4.69, 9.17) is 26.9 Å². The predicted molar refractivity (Wildman–Crippen MR) is 65.3 cm³/mol. The van der Waals surface area contributed by atoms with Crippen LogP contribution in [-0.2, 0) is 4.79 Å². The van der Waals surface area contributed by atoms with E-state index < -0.39 is 5.97 Å². The van der Waals surface area contributed by atoms with Crippen molar-refractivity contribution in [3.05, 3.63) is 35.0 Å². The van der Waals surface area contributed by atoms with Crippen molar-refractivity contribution >= 4 is 28.5 Å². The Morgan fingerprint density at radius 2 is 2.24 bits per heavy atom. The van der Waals surface area contributed by atoms with Crippen molar-refractivity contribution in [1.29, 1.82) is 0 Å². The van der Waals surface area contributed by atoms with E-state index in [9.17, 15) is 4.79 Å². The van der Waals surface area contributed by atoms with Crippen molar-refractivity contribution in [3.63, 3.8) is 0 Å². The van der Waals surface area contributed by atoms with Crippen molar-refractivity contribution in [3.8, 4) is 0 Å². The molecular weight excluding hydrogens is 242 g/mol. The molecule has 0 radical (unpaired) electrons. The van der Waals surface area contributed by atoms with Gasteiger partial charge in [0.25, 0.3) is 0 Å². The number of carbonyl (C=O) groups is 1. The van der Waals surface area contributed by atoms with Gasteiger partial charge >= 0.3 is 5.97 Å². The minimum Gasteiger partial charge on any atom is -0.481 e. The molecule has 90 valence electrons. The molecular formula is C12H12ClNO3. The Kier molecular flexibility index (Phi) is 3.36. The average Bonchev–Trinajstić information content (AvgIpc) is 2.68. The molecule has 0 spiro atoms. The first-order chi connectivity index (χ1) is 8.10. The molecule has 0 aliphatic carbocycles. The average molecular weight is 254 g/mol. The molecule has 2 rings (SSSR count). The van der Waals surface area contributed by atoms with Crippen LogP contribution >= 0.6 is 11.6 Å². The first-order valence-electron chi connectivity index (χ1n) is 5.21. The second kappa shape index (κ2) is 4.77. The highest BCUT2D eigenvalue weighted by atomic mass is 35.5. The SMILES string of the molecule is NC[C@@H](CC(=O)O)c1cc2cc(Cl)ccc2o1. The van der Waals surface area contributed by atoms with Crippen LogP contribution in [0, 0.1) is 0 Å². The Morgan fingerprint density at radius 1 is 1.47 bits per heavy atom. The van der Waals surface area contributed by atoms with Gasteiger partial charge in [0.15, 0.2) is 0 Å². The van der Waals surface area contributed by atoms with Crippen LogP contribution in [0.1, 0.15) is 18.1 Å². The Bertz CT molecular complexity index is 550. The van der Waals surface area contributed by atoms with Gasteiger partial charge in [0, 0.05) is 22.9 Å². The summed E-state index contributed by atoms with van der Waals surface area (Å²) in [4.78, 5) is 10.7. The number of rotatable bonds is 4. The van der Waals surface area contributed by atoms with Crippen LogP contribution in [-0.4, -0.2) is 17.6 Å². The zero-order valence-electron chi connectivity index (χ0n) is 9.02. The highest BCUT2D eigenvalue weighted by Crippen LogP contribution is 2.28. The largest absolute Gasteiger partial charge is 0.481 e. The number of furan rings is 1. The van der Waals surface area contributed by atoms with Gasteiger partial charge in [0.1, 0.15) is 11.3 Å². The molecule has 17 heavy (non-hydrogen) atoms. The number of fused-ring (bicyclic) bond motifs is 1. The van der Waals surface area contributed by atoms with Gasteiger partial charge in [-0.15, -0.1) is 0 Å². The van der Waals surface area contributed by atoms with E-state index in [2.05, 4.69) is 0 Å². The molecule has 0 aliphatic heterocycles. The smallest absolute Gasteiger partial charge is 0.304 e. The number of benzene rings is 1. The lowest BCUT2D eigenvalue weighted by molar-refractivity contribution is -0.137. The topological polar surface area (TPSA) is 76.5 Å². The molecule has 0 bridgehead atoms. The lowest BCUT2D eigenvalue weighted by atomic mass is 10.0. The maximum absolute atomic E-state index is 10.7. The van der Waals surface area contributed by atoms with Gasteiger partial charge in [0.05, 0.1) is 6.42 Å². The summed E-state index contributed by atoms with van der Waals surface area (Å²) in [5.41, 5.74) is 6.24. The number of carboxylic acids is 1. The Labute approximate surface area is 103 Å². The zero-order valence-corrected chi connectivity index (χ0v) is 9.78. The molecule has 0 saturated heterocycles. The number of halogens is 1. The lowest BCUT2D eigenvalue weighted by Gasteiger charge is -2.07. The molecule has 0 saturated carbocycles. The van der Waals surface area contributed by atoms with Gasteiger partial charge in [-0.25, -0.2) is 0 Å². The van der Waals surface area contributed by atoms with E-state index in [-0.39, 0.29) is 18.9 Å². The Morgan fingerprint density at radius 3 is 2.88 bits per heavy atom. The Balaban J connectivity index is 2.37. The minimum absolute atomic E-state index is 0.0376. The van der Waals surface area contributed by atoms with E-state index in [0.29, 0.717) is 16.4 Å². The molecule has 3 N–H and O–H groups in total. The molecule has 1 atom stereocenters. The maximum atomic E-state index is 10.7. The quantitative estimate of drug-likeness (QED) is 0.878. The number of hydrogen-bond donors (Lipinski definition) is 2. The van der Waals surface area contributed by atoms with Gasteiger partial charge in [-0.3, -0.25) is 4.79 Å². The third-order valence-corrected chi connectivity index (χ3v) is 2.84. The van der Waals surface area contributed by atoms with Crippen molar-refractivity contribution in [1.82, 2.24) is 0 Å². The summed E-state index contributed by atoms with van der Waals surface area (Å²) in [7, 11) is 0. The fraction of sp³-hybridized carbons (Fsp3) is 0.250. The van der Waals surface area contributed by atoms with Gasteiger partial charge < -0.3 is 15.3 Å². The molecule has 2 aromatic rings. The molecule has 1 aromatic heterocycles. The van der Waals surface area contributed by atoms with Crippen LogP contribution in [0.2, 0.25) is 5.02 Å². The molecule has 4 nitrogen and oxygen atoms in total. The third-order valence-electron chi connectivity index (χ3n) is 2.61. The molecule has 0 amide bonds. The van der Waals surface area contributed by atoms with Gasteiger partial charge in [-0.1, -0.05) is 11.6 Å². The van der Waals surface area contributed by atoms with Crippen molar-refractivity contribution in [2.75, 3.05) is 6.54 Å². The van der Waals surface area contributed by atoms with Crippen molar-refractivity contribution < 1.29 is 14.3 Å². The van der Waals surface area contributed by atoms with Crippen LogP contribution < -0.4 is 5.73 Å². The number of nitrogens with two attached hydrogens (primary N) is 1. The van der Waals surface area contributed by atoms with Crippen LogP contribution in [0.25, 0.3) is 11.0 Å². The zero-order chi connectivity index (χ0) is 12.4. The highest BCUT2D eigenvalue weighted by Gasteiger charge is 2.18. The summed E-state index contributed by atoms with van der Waals surface area (Å²) in [6.45, 7) is 0.236. The molecule has 5 heteroatoms. The van der Waals surface area contributed by atoms with Gasteiger partial charge in [-0.2, -0.15) is 0 Å². The number of hydrogen-bond acceptors (Lipinski definition) is 3. The van der Waals surface area contributed by atoms with E-state index in [1.165, 1.54) is 0 Å². The molecule has 0 aliphatic rings. The minimum atomic E-state index is -0.890. The number of carboxylic acid groups (broad SMARTS) is 1. The van der Waals surface area contributed by atoms with E-state index in [0.717, 1.165) is 5.39 Å². The summed E-state index contributed by atoms with van der Waals surface area (Å²) in [6, 6.07) is 7.06. The second-order valence-electron chi connectivity index (χ2n) is 3.86. The molecule has 1 aromatic carbocycles. The van der Waals surface area contributed by atoms with Crippen molar-refractivity contribution in [2.45, 2.75) is 12.3 Å². The molecule has 0 fully saturated rings. The van der Waals surface area contributed by atoms with Crippen LogP contribution in [0.5, 0.6) is 0 Å². The summed E-state index contributed by atoms with van der Waals surface area (Å²) < 4.78 is 5.57.